The Morgan fingerprint density at radius 2 is 1.21 bits per heavy atom. The standard InChI is InChI=1S/C20H15N3O9S3.3Na/c21-17-6-7-18(13-5-4-12(10-15(13)17)33(24,25)26)23-22-11-8-16-14(20(9-11)35(30,31)32)2-1-3-19(16)34(27,28)29;;;/h1-10H,21H2,(H,24,25,26)(H,27,28,29)(H,30,31,32);;;/q;3*+1/p-3. The zero-order chi connectivity index (χ0) is 25.8. The third-order valence-electron chi connectivity index (χ3n) is 5.00. The van der Waals surface area contributed by atoms with Gasteiger partial charge >= 0.3 is 88.7 Å². The van der Waals surface area contributed by atoms with Gasteiger partial charge in [-0.2, -0.15) is 5.11 Å². The first-order chi connectivity index (χ1) is 16.2. The van der Waals surface area contributed by atoms with Gasteiger partial charge in [0.2, 0.25) is 0 Å². The molecule has 4 rings (SSSR count). The fourth-order valence-corrected chi connectivity index (χ4v) is 5.37. The largest absolute Gasteiger partial charge is 1.00 e. The number of hydrogen-bond acceptors (Lipinski definition) is 12. The Hall–Kier alpha value is -0.470. The van der Waals surface area contributed by atoms with Crippen LogP contribution < -0.4 is 94.4 Å². The van der Waals surface area contributed by atoms with E-state index in [4.69, 9.17) is 5.73 Å². The van der Waals surface area contributed by atoms with E-state index in [9.17, 15) is 38.9 Å². The van der Waals surface area contributed by atoms with Crippen molar-refractivity contribution in [3.05, 3.63) is 60.7 Å². The Balaban J connectivity index is 0.00000241. The Morgan fingerprint density at radius 3 is 1.79 bits per heavy atom. The first kappa shape index (κ1) is 35.6. The molecule has 182 valence electrons. The number of rotatable bonds is 5. The fourth-order valence-electron chi connectivity index (χ4n) is 3.48. The van der Waals surface area contributed by atoms with Crippen molar-refractivity contribution in [2.45, 2.75) is 14.7 Å². The van der Waals surface area contributed by atoms with Crippen molar-refractivity contribution < 1.29 is 128 Å². The van der Waals surface area contributed by atoms with Gasteiger partial charge in [-0.25, -0.2) is 25.3 Å². The normalized spacial score (nSPS) is 12.1. The van der Waals surface area contributed by atoms with E-state index in [1.54, 1.807) is 0 Å². The van der Waals surface area contributed by atoms with Crippen molar-refractivity contribution in [1.29, 1.82) is 0 Å². The summed E-state index contributed by atoms with van der Waals surface area (Å²) in [4.78, 5) is -2.07. The quantitative estimate of drug-likeness (QED) is 0.0983. The fraction of sp³-hybridized carbons (Fsp3) is 0. The van der Waals surface area contributed by atoms with Crippen molar-refractivity contribution >= 4 is 69.0 Å². The van der Waals surface area contributed by atoms with Crippen LogP contribution in [-0.4, -0.2) is 38.9 Å². The minimum Gasteiger partial charge on any atom is -0.744 e. The predicted octanol–water partition coefficient (Wildman–Crippen LogP) is -6.29. The Labute approximate surface area is 284 Å². The van der Waals surface area contributed by atoms with Crippen LogP contribution in [0, 0.1) is 0 Å². The molecular weight excluding hydrogens is 591 g/mol. The second-order valence-corrected chi connectivity index (χ2v) is 11.3. The molecule has 12 nitrogen and oxygen atoms in total. The second kappa shape index (κ2) is 13.0. The molecule has 0 fully saturated rings. The van der Waals surface area contributed by atoms with Crippen LogP contribution >= 0.6 is 0 Å². The number of hydrogen-bond donors (Lipinski definition) is 1. The summed E-state index contributed by atoms with van der Waals surface area (Å²) in [5, 5.41) is 7.72. The molecule has 2 N–H and O–H groups in total. The van der Waals surface area contributed by atoms with Gasteiger partial charge in [-0.15, -0.1) is 5.11 Å². The third kappa shape index (κ3) is 7.63. The number of fused-ring (bicyclic) bond motifs is 2. The summed E-state index contributed by atoms with van der Waals surface area (Å²) in [6.45, 7) is 0. The monoisotopic (exact) mass is 603 g/mol. The summed E-state index contributed by atoms with van der Waals surface area (Å²) in [6, 6.07) is 11.4. The van der Waals surface area contributed by atoms with E-state index < -0.39 is 45.0 Å². The van der Waals surface area contributed by atoms with Gasteiger partial charge in [-0.1, -0.05) is 18.2 Å². The number of benzene rings is 4. The summed E-state index contributed by atoms with van der Waals surface area (Å²) in [7, 11) is -14.9. The Morgan fingerprint density at radius 1 is 0.579 bits per heavy atom. The summed E-state index contributed by atoms with van der Waals surface area (Å²) < 4.78 is 104. The van der Waals surface area contributed by atoms with Crippen LogP contribution in [0.1, 0.15) is 0 Å². The average molecular weight is 603 g/mol. The molecular formula is C20H12N3Na3O9S3. The maximum atomic E-state index is 11.8. The van der Waals surface area contributed by atoms with Gasteiger partial charge in [0, 0.05) is 27.2 Å². The van der Waals surface area contributed by atoms with Gasteiger partial charge in [0.25, 0.3) is 0 Å². The van der Waals surface area contributed by atoms with E-state index in [0.29, 0.717) is 5.39 Å². The molecule has 0 unspecified atom stereocenters. The maximum Gasteiger partial charge on any atom is 1.00 e. The van der Waals surface area contributed by atoms with Crippen LogP contribution in [0.3, 0.4) is 0 Å². The van der Waals surface area contributed by atoms with Gasteiger partial charge < -0.3 is 19.4 Å². The second-order valence-electron chi connectivity index (χ2n) is 7.24. The zero-order valence-corrected chi connectivity index (χ0v) is 28.6. The Bertz CT molecular complexity index is 1900. The predicted molar refractivity (Wildman–Crippen MR) is 120 cm³/mol. The molecule has 4 aromatic rings. The molecule has 0 aliphatic rings. The molecule has 0 saturated heterocycles. The van der Waals surface area contributed by atoms with E-state index in [1.807, 2.05) is 0 Å². The number of anilines is 1. The van der Waals surface area contributed by atoms with Crippen LogP contribution in [0.5, 0.6) is 0 Å². The van der Waals surface area contributed by atoms with Crippen molar-refractivity contribution in [2.75, 3.05) is 5.73 Å². The number of nitrogen functional groups attached to an aromatic ring is 1. The van der Waals surface area contributed by atoms with Gasteiger partial charge in [0.1, 0.15) is 30.4 Å². The summed E-state index contributed by atoms with van der Waals surface area (Å²) >= 11 is 0. The molecule has 0 saturated carbocycles. The van der Waals surface area contributed by atoms with Gasteiger partial charge in [-0.3, -0.25) is 0 Å². The van der Waals surface area contributed by atoms with Gasteiger partial charge in [0.15, 0.2) is 0 Å². The SMILES string of the molecule is Nc1ccc(N=Nc2cc(S(=O)(=O)[O-])c3cccc(S(=O)(=O)[O-])c3c2)c2ccc(S(=O)(=O)[O-])cc12.[Na+].[Na+].[Na+]. The van der Waals surface area contributed by atoms with Crippen molar-refractivity contribution in [3.63, 3.8) is 0 Å². The van der Waals surface area contributed by atoms with E-state index in [0.717, 1.165) is 36.4 Å². The molecule has 0 atom stereocenters. The first-order valence-corrected chi connectivity index (χ1v) is 13.6. The molecule has 4 aromatic carbocycles. The molecule has 0 aliphatic heterocycles. The average Bonchev–Trinajstić information content (AvgIpc) is 2.75. The minimum atomic E-state index is -5.11. The molecule has 0 bridgehead atoms. The number of nitrogens with zero attached hydrogens (tertiary/aromatic N) is 2. The third-order valence-corrected chi connectivity index (χ3v) is 7.60. The first-order valence-electron chi connectivity index (χ1n) is 9.35. The zero-order valence-electron chi connectivity index (χ0n) is 20.1. The molecule has 0 aromatic heterocycles. The maximum absolute atomic E-state index is 11.8. The van der Waals surface area contributed by atoms with Crippen LogP contribution in [0.4, 0.5) is 17.1 Å². The van der Waals surface area contributed by atoms with Gasteiger partial charge in [-0.05, 0) is 42.5 Å². The van der Waals surface area contributed by atoms with Crippen LogP contribution in [0.2, 0.25) is 0 Å². The Kier molecular flexibility index (Phi) is 12.2. The van der Waals surface area contributed by atoms with E-state index >= 15 is 0 Å². The molecule has 0 aliphatic carbocycles. The summed E-state index contributed by atoms with van der Waals surface area (Å²) in [5.74, 6) is 0. The van der Waals surface area contributed by atoms with Crippen LogP contribution in [-0.2, 0) is 30.4 Å². The van der Waals surface area contributed by atoms with Gasteiger partial charge in [0.05, 0.1) is 26.1 Å². The van der Waals surface area contributed by atoms with Crippen molar-refractivity contribution in [1.82, 2.24) is 0 Å². The molecule has 0 radical (unpaired) electrons. The van der Waals surface area contributed by atoms with E-state index in [2.05, 4.69) is 10.2 Å². The van der Waals surface area contributed by atoms with E-state index in [-0.39, 0.29) is 122 Å². The van der Waals surface area contributed by atoms with Crippen molar-refractivity contribution in [3.8, 4) is 0 Å². The van der Waals surface area contributed by atoms with Crippen LogP contribution in [0.15, 0.2) is 85.6 Å². The topological polar surface area (TPSA) is 222 Å². The number of azo groups is 1. The molecule has 0 amide bonds. The van der Waals surface area contributed by atoms with E-state index in [1.165, 1.54) is 24.3 Å². The minimum absolute atomic E-state index is 0. The molecule has 38 heavy (non-hydrogen) atoms. The smallest absolute Gasteiger partial charge is 0.744 e. The summed E-state index contributed by atoms with van der Waals surface area (Å²) in [5.41, 5.74) is 5.88. The molecule has 0 spiro atoms. The van der Waals surface area contributed by atoms with Crippen molar-refractivity contribution in [2.24, 2.45) is 10.2 Å². The molecule has 18 heteroatoms. The number of nitrogens with two attached hydrogens (primary N) is 1. The molecule has 0 heterocycles. The summed E-state index contributed by atoms with van der Waals surface area (Å²) in [6.07, 6.45) is 0. The van der Waals surface area contributed by atoms with Crippen LogP contribution in [0.25, 0.3) is 21.5 Å².